The number of piperidine rings is 1. The van der Waals surface area contributed by atoms with Gasteiger partial charge < -0.3 is 19.6 Å². The molecule has 4 rings (SSSR count). The van der Waals surface area contributed by atoms with Crippen LogP contribution in [0.15, 0.2) is 18.2 Å². The Balaban J connectivity index is 1.34. The zero-order chi connectivity index (χ0) is 29.3. The topological polar surface area (TPSA) is 76.6 Å². The van der Waals surface area contributed by atoms with E-state index < -0.39 is 30.5 Å². The van der Waals surface area contributed by atoms with Crippen molar-refractivity contribution in [3.8, 4) is 0 Å². The van der Waals surface area contributed by atoms with E-state index in [4.69, 9.17) is 5.11 Å². The lowest BCUT2D eigenvalue weighted by molar-refractivity contribution is -0.308. The van der Waals surface area contributed by atoms with Crippen LogP contribution in [0.4, 0.5) is 36.8 Å². The van der Waals surface area contributed by atoms with E-state index in [0.29, 0.717) is 6.54 Å². The van der Waals surface area contributed by atoms with Crippen LogP contribution in [0.3, 0.4) is 0 Å². The van der Waals surface area contributed by atoms with E-state index in [1.54, 1.807) is 0 Å². The maximum Gasteiger partial charge on any atom is 0.434 e. The van der Waals surface area contributed by atoms with Crippen LogP contribution in [-0.2, 0) is 16.1 Å². The molecule has 0 atom stereocenters. The first-order valence-corrected chi connectivity index (χ1v) is 13.3. The van der Waals surface area contributed by atoms with Crippen molar-refractivity contribution in [2.75, 3.05) is 63.8 Å². The molecule has 224 valence electrons. The zero-order valence-electron chi connectivity index (χ0n) is 22.2. The minimum absolute atomic E-state index is 0.0534. The largest absolute Gasteiger partial charge is 0.480 e. The van der Waals surface area contributed by atoms with Gasteiger partial charge in [-0.25, -0.2) is 4.79 Å². The van der Waals surface area contributed by atoms with Crippen molar-refractivity contribution in [1.82, 2.24) is 14.7 Å². The number of likely N-dealkylation sites (tertiary alicyclic amines) is 1. The second-order valence-corrected chi connectivity index (χ2v) is 11.1. The third kappa shape index (κ3) is 7.31. The van der Waals surface area contributed by atoms with E-state index in [-0.39, 0.29) is 38.1 Å². The number of benzene rings is 1. The molecule has 3 saturated heterocycles. The molecule has 0 saturated carbocycles. The molecule has 0 bridgehead atoms. The lowest BCUT2D eigenvalue weighted by Gasteiger charge is -2.39. The summed E-state index contributed by atoms with van der Waals surface area (Å²) >= 11 is 0. The summed E-state index contributed by atoms with van der Waals surface area (Å²) in [5.41, 5.74) is 3.36. The number of ether oxygens (including phenoxy) is 1. The Kier molecular flexibility index (Phi) is 8.79. The molecule has 1 amide bonds. The van der Waals surface area contributed by atoms with E-state index in [1.165, 1.54) is 0 Å². The number of carbonyl (C=O) groups excluding carboxylic acids is 1. The van der Waals surface area contributed by atoms with Crippen LogP contribution in [0, 0.1) is 12.3 Å². The van der Waals surface area contributed by atoms with Gasteiger partial charge in [-0.15, -0.1) is 0 Å². The standard InChI is InChI=1S/C26H34F6N4O4/c1-18-2-3-19(20(14-18)36-9-6-24(17-36)4-7-33(8-5-24)16-21(37)38)15-34-10-12-35(13-11-34)23(39)40-22(25(27,28)29)26(30,31)32/h2-3,14,22H,4-13,15-17H2,1H3,(H,37,38). The number of amides is 1. The Morgan fingerprint density at radius 2 is 1.52 bits per heavy atom. The summed E-state index contributed by atoms with van der Waals surface area (Å²) < 4.78 is 80.5. The number of nitrogens with zero attached hydrogens (tertiary/aromatic N) is 4. The number of piperazine rings is 1. The van der Waals surface area contributed by atoms with Crippen LogP contribution in [0.1, 0.15) is 30.4 Å². The number of hydrogen-bond acceptors (Lipinski definition) is 6. The molecule has 40 heavy (non-hydrogen) atoms. The average Bonchev–Trinajstić information content (AvgIpc) is 3.27. The first-order valence-electron chi connectivity index (χ1n) is 13.3. The monoisotopic (exact) mass is 580 g/mol. The van der Waals surface area contributed by atoms with E-state index in [2.05, 4.69) is 15.7 Å². The van der Waals surface area contributed by atoms with Gasteiger partial charge in [0, 0.05) is 51.5 Å². The fourth-order valence-electron chi connectivity index (χ4n) is 5.85. The van der Waals surface area contributed by atoms with Crippen molar-refractivity contribution >= 4 is 17.7 Å². The van der Waals surface area contributed by atoms with Crippen molar-refractivity contribution in [3.05, 3.63) is 29.3 Å². The van der Waals surface area contributed by atoms with E-state index >= 15 is 0 Å². The normalized spacial score (nSPS) is 20.9. The maximum absolute atomic E-state index is 12.8. The highest BCUT2D eigenvalue weighted by atomic mass is 19.4. The van der Waals surface area contributed by atoms with Crippen LogP contribution in [0.25, 0.3) is 0 Å². The van der Waals surface area contributed by atoms with E-state index in [9.17, 15) is 35.9 Å². The van der Waals surface area contributed by atoms with Gasteiger partial charge in [-0.05, 0) is 61.9 Å². The molecule has 0 radical (unpaired) electrons. The van der Waals surface area contributed by atoms with Crippen molar-refractivity contribution < 1.29 is 45.8 Å². The highest BCUT2D eigenvalue weighted by Crippen LogP contribution is 2.43. The molecule has 3 aliphatic heterocycles. The van der Waals surface area contributed by atoms with Crippen LogP contribution >= 0.6 is 0 Å². The van der Waals surface area contributed by atoms with Crippen molar-refractivity contribution in [3.63, 3.8) is 0 Å². The Labute approximate surface area is 228 Å². The summed E-state index contributed by atoms with van der Waals surface area (Å²) in [6.45, 7) is 6.25. The second kappa shape index (κ2) is 11.6. The van der Waals surface area contributed by atoms with Gasteiger partial charge in [0.1, 0.15) is 0 Å². The van der Waals surface area contributed by atoms with Gasteiger partial charge in [0.2, 0.25) is 0 Å². The predicted molar refractivity (Wildman–Crippen MR) is 133 cm³/mol. The van der Waals surface area contributed by atoms with Crippen LogP contribution in [0.5, 0.6) is 0 Å². The molecule has 3 heterocycles. The fourth-order valence-corrected chi connectivity index (χ4v) is 5.85. The lowest BCUT2D eigenvalue weighted by atomic mass is 9.78. The predicted octanol–water partition coefficient (Wildman–Crippen LogP) is 4.12. The maximum atomic E-state index is 12.8. The van der Waals surface area contributed by atoms with Gasteiger partial charge in [-0.3, -0.25) is 14.6 Å². The summed E-state index contributed by atoms with van der Waals surface area (Å²) in [4.78, 5) is 30.4. The number of aliphatic carboxylic acids is 1. The van der Waals surface area contributed by atoms with Gasteiger partial charge in [-0.2, -0.15) is 26.3 Å². The number of carbonyl (C=O) groups is 2. The molecule has 0 unspecified atom stereocenters. The Hall–Kier alpha value is -2.74. The molecule has 14 heteroatoms. The van der Waals surface area contributed by atoms with E-state index in [1.807, 2.05) is 28.9 Å². The number of hydrogen-bond donors (Lipinski definition) is 1. The molecule has 0 aromatic heterocycles. The smallest absolute Gasteiger partial charge is 0.434 e. The second-order valence-electron chi connectivity index (χ2n) is 11.1. The van der Waals surface area contributed by atoms with Gasteiger partial charge in [0.15, 0.2) is 0 Å². The average molecular weight is 581 g/mol. The highest BCUT2D eigenvalue weighted by Gasteiger charge is 2.60. The molecule has 0 aliphatic carbocycles. The number of alkyl halides is 6. The number of anilines is 1. The number of aryl methyl sites for hydroxylation is 1. The molecule has 8 nitrogen and oxygen atoms in total. The lowest BCUT2D eigenvalue weighted by Crippen LogP contribution is -2.52. The minimum Gasteiger partial charge on any atom is -0.480 e. The third-order valence-electron chi connectivity index (χ3n) is 8.13. The minimum atomic E-state index is -5.75. The van der Waals surface area contributed by atoms with Crippen molar-refractivity contribution in [2.24, 2.45) is 5.41 Å². The van der Waals surface area contributed by atoms with Gasteiger partial charge in [0.25, 0.3) is 6.10 Å². The first kappa shape index (κ1) is 30.2. The molecule has 1 aromatic carbocycles. The van der Waals surface area contributed by atoms with Crippen LogP contribution < -0.4 is 4.90 Å². The third-order valence-corrected chi connectivity index (χ3v) is 8.13. The van der Waals surface area contributed by atoms with Gasteiger partial charge >= 0.3 is 24.4 Å². The number of carboxylic acids is 1. The summed E-state index contributed by atoms with van der Waals surface area (Å²) in [6.07, 6.45) is -14.4. The number of carboxylic acid groups (broad SMARTS) is 1. The molecule has 1 aromatic rings. The number of rotatable bonds is 6. The van der Waals surface area contributed by atoms with Crippen LogP contribution in [-0.4, -0.2) is 109 Å². The van der Waals surface area contributed by atoms with E-state index in [0.717, 1.165) is 67.2 Å². The summed E-state index contributed by atoms with van der Waals surface area (Å²) in [6, 6.07) is 6.15. The first-order chi connectivity index (χ1) is 18.6. The molecule has 1 N–H and O–H groups in total. The molecule has 1 spiro atoms. The molecule has 3 aliphatic rings. The highest BCUT2D eigenvalue weighted by molar-refractivity contribution is 5.69. The quantitative estimate of drug-likeness (QED) is 0.508. The molecular weight excluding hydrogens is 546 g/mol. The molecular formula is C26H34F6N4O4. The summed E-state index contributed by atoms with van der Waals surface area (Å²) in [5, 5.41) is 9.08. The summed E-state index contributed by atoms with van der Waals surface area (Å²) in [5.74, 6) is -0.821. The van der Waals surface area contributed by atoms with Crippen molar-refractivity contribution in [2.45, 2.75) is 51.2 Å². The molecule has 3 fully saturated rings. The zero-order valence-corrected chi connectivity index (χ0v) is 22.2. The number of halogens is 6. The Morgan fingerprint density at radius 1 is 0.925 bits per heavy atom. The fraction of sp³-hybridized carbons (Fsp3) is 0.692. The van der Waals surface area contributed by atoms with Crippen molar-refractivity contribution in [1.29, 1.82) is 0 Å². The van der Waals surface area contributed by atoms with Crippen LogP contribution in [0.2, 0.25) is 0 Å². The Morgan fingerprint density at radius 3 is 2.10 bits per heavy atom. The Bertz CT molecular complexity index is 1050. The van der Waals surface area contributed by atoms with Gasteiger partial charge in [0.05, 0.1) is 6.54 Å². The summed E-state index contributed by atoms with van der Waals surface area (Å²) in [7, 11) is 0. The SMILES string of the molecule is Cc1ccc(CN2CCN(C(=O)OC(C(F)(F)F)C(F)(F)F)CC2)c(N2CCC3(CCN(CC(=O)O)CC3)C2)c1. The van der Waals surface area contributed by atoms with Gasteiger partial charge in [-0.1, -0.05) is 12.1 Å².